The number of nitrogens with zero attached hydrogens (tertiary/aromatic N) is 2. The van der Waals surface area contributed by atoms with Gasteiger partial charge in [0.1, 0.15) is 0 Å². The monoisotopic (exact) mass is 750 g/mol. The van der Waals surface area contributed by atoms with Crippen molar-refractivity contribution in [3.8, 4) is 11.5 Å². The molecule has 4 amide bonds. The Hall–Kier alpha value is -3.99. The van der Waals surface area contributed by atoms with Crippen LogP contribution >= 0.6 is 39.1 Å². The van der Waals surface area contributed by atoms with Crippen LogP contribution in [0.1, 0.15) is 47.2 Å². The minimum Gasteiger partial charge on any atom is -0.504 e. The number of phenolic OH excluding ortho intramolecular Hbond substituents is 1. The molecular weight excluding hydrogens is 723 g/mol. The zero-order chi connectivity index (χ0) is 34.1. The van der Waals surface area contributed by atoms with Crippen LogP contribution in [0.3, 0.4) is 0 Å². The zero-order valence-corrected chi connectivity index (χ0v) is 28.7. The van der Waals surface area contributed by atoms with Crippen molar-refractivity contribution in [2.24, 2.45) is 17.8 Å². The number of aromatic hydroxyl groups is 1. The standard InChI is InChI=1S/C36H29BrCl2N2O7/c1-2-48-27-16-21(10-15-26(27)42)29-23-13-14-24-28(25(23)17-35(38)33(46)40(18-37)34(47)36(29,35)39)32(45)41(31(24)44)22-11-8-20(9-12-22)30(43)19-6-4-3-5-7-19/h3-13,15-16,24-25,28-29,42H,2,14,17-18H2,1H3. The molecule has 0 aromatic heterocycles. The molecule has 4 aliphatic rings. The second-order valence-corrected chi connectivity index (χ2v) is 14.1. The maximum Gasteiger partial charge on any atom is 0.254 e. The number of ketones is 1. The molecule has 1 N–H and O–H groups in total. The summed E-state index contributed by atoms with van der Waals surface area (Å²) in [4.78, 5) is 67.3. The summed E-state index contributed by atoms with van der Waals surface area (Å²) >= 11 is 17.8. The highest BCUT2D eigenvalue weighted by atomic mass is 79.9. The number of carbonyl (C=O) groups is 5. The van der Waals surface area contributed by atoms with Gasteiger partial charge in [0.05, 0.1) is 29.6 Å². The van der Waals surface area contributed by atoms with E-state index in [1.165, 1.54) is 6.07 Å². The summed E-state index contributed by atoms with van der Waals surface area (Å²) in [6.07, 6.45) is 1.89. The number of fused-ring (bicyclic) bond motifs is 4. The predicted molar refractivity (Wildman–Crippen MR) is 181 cm³/mol. The van der Waals surface area contributed by atoms with Crippen LogP contribution in [0, 0.1) is 17.8 Å². The van der Waals surface area contributed by atoms with Crippen molar-refractivity contribution in [2.45, 2.75) is 35.4 Å². The molecule has 246 valence electrons. The summed E-state index contributed by atoms with van der Waals surface area (Å²) < 4.78 is 5.63. The molecule has 2 heterocycles. The van der Waals surface area contributed by atoms with Gasteiger partial charge in [0.25, 0.3) is 11.8 Å². The number of allylic oxidation sites excluding steroid dienone is 2. The number of hydrogen-bond acceptors (Lipinski definition) is 7. The lowest BCUT2D eigenvalue weighted by Crippen LogP contribution is -2.60. The fraction of sp³-hybridized carbons (Fsp3) is 0.306. The lowest BCUT2D eigenvalue weighted by Gasteiger charge is -2.50. The van der Waals surface area contributed by atoms with Crippen molar-refractivity contribution in [1.82, 2.24) is 4.90 Å². The van der Waals surface area contributed by atoms with E-state index in [0.717, 1.165) is 9.80 Å². The van der Waals surface area contributed by atoms with Gasteiger partial charge in [-0.05, 0) is 67.6 Å². The number of hydrogen-bond donors (Lipinski definition) is 1. The number of amides is 4. The number of rotatable bonds is 7. The molecule has 6 unspecified atom stereocenters. The molecule has 3 fully saturated rings. The minimum atomic E-state index is -1.97. The first-order chi connectivity index (χ1) is 23.0. The SMILES string of the molecule is CCOc1cc(C2C3=CCC4C(=O)N(c5ccc(C(=O)c6ccccc6)cc5)C(=O)C4C3CC3(Cl)C(=O)N(CBr)C(=O)C23Cl)ccc1O. The van der Waals surface area contributed by atoms with Crippen LogP contribution in [0.5, 0.6) is 11.5 Å². The molecule has 2 aliphatic carbocycles. The molecule has 0 spiro atoms. The first-order valence-electron chi connectivity index (χ1n) is 15.5. The van der Waals surface area contributed by atoms with Crippen LogP contribution < -0.4 is 9.64 Å². The average molecular weight is 752 g/mol. The van der Waals surface area contributed by atoms with Crippen molar-refractivity contribution in [1.29, 1.82) is 0 Å². The fourth-order valence-electron chi connectivity index (χ4n) is 7.88. The number of benzene rings is 3. The maximum absolute atomic E-state index is 14.3. The summed E-state index contributed by atoms with van der Waals surface area (Å²) in [7, 11) is 0. The molecule has 48 heavy (non-hydrogen) atoms. The Morgan fingerprint density at radius 3 is 2.29 bits per heavy atom. The van der Waals surface area contributed by atoms with E-state index in [1.807, 2.05) is 12.1 Å². The molecule has 9 nitrogen and oxygen atoms in total. The van der Waals surface area contributed by atoms with Crippen LogP contribution in [0.2, 0.25) is 0 Å². The van der Waals surface area contributed by atoms with Gasteiger partial charge in [0.15, 0.2) is 27.0 Å². The van der Waals surface area contributed by atoms with E-state index in [0.29, 0.717) is 28.0 Å². The Labute approximate surface area is 294 Å². The first kappa shape index (κ1) is 32.6. The van der Waals surface area contributed by atoms with E-state index >= 15 is 0 Å². The number of ether oxygens (including phenoxy) is 1. The lowest BCUT2D eigenvalue weighted by atomic mass is 9.56. The smallest absolute Gasteiger partial charge is 0.254 e. The van der Waals surface area contributed by atoms with Crippen molar-refractivity contribution in [3.05, 3.63) is 101 Å². The highest BCUT2D eigenvalue weighted by molar-refractivity contribution is 9.09. The van der Waals surface area contributed by atoms with Crippen LogP contribution in [0.4, 0.5) is 5.69 Å². The highest BCUT2D eigenvalue weighted by Gasteiger charge is 2.76. The van der Waals surface area contributed by atoms with Crippen molar-refractivity contribution < 1.29 is 33.8 Å². The van der Waals surface area contributed by atoms with E-state index in [2.05, 4.69) is 15.9 Å². The van der Waals surface area contributed by atoms with E-state index in [9.17, 15) is 29.1 Å². The van der Waals surface area contributed by atoms with E-state index in [1.54, 1.807) is 67.6 Å². The molecule has 3 aromatic carbocycles. The summed E-state index contributed by atoms with van der Waals surface area (Å²) in [5, 5.41) is 10.5. The molecule has 1 saturated carbocycles. The Balaban J connectivity index is 1.29. The summed E-state index contributed by atoms with van der Waals surface area (Å²) in [5.41, 5.74) is 2.20. The van der Waals surface area contributed by atoms with Crippen molar-refractivity contribution >= 4 is 74.2 Å². The predicted octanol–water partition coefficient (Wildman–Crippen LogP) is 5.94. The minimum absolute atomic E-state index is 0.119. The third kappa shape index (κ3) is 4.52. The van der Waals surface area contributed by atoms with E-state index in [-0.39, 0.29) is 42.2 Å². The van der Waals surface area contributed by atoms with E-state index in [4.69, 9.17) is 27.9 Å². The summed E-state index contributed by atoms with van der Waals surface area (Å²) in [6, 6.07) is 19.7. The topological polar surface area (TPSA) is 121 Å². The van der Waals surface area contributed by atoms with Gasteiger partial charge < -0.3 is 9.84 Å². The van der Waals surface area contributed by atoms with Gasteiger partial charge in [-0.1, -0.05) is 64.0 Å². The maximum atomic E-state index is 14.3. The number of alkyl halides is 3. The number of phenols is 1. The summed E-state index contributed by atoms with van der Waals surface area (Å²) in [5.74, 6) is -5.70. The second kappa shape index (κ2) is 11.9. The van der Waals surface area contributed by atoms with Crippen LogP contribution in [-0.2, 0) is 19.2 Å². The van der Waals surface area contributed by atoms with Gasteiger partial charge in [-0.2, -0.15) is 0 Å². The molecule has 0 radical (unpaired) electrons. The first-order valence-corrected chi connectivity index (χ1v) is 17.4. The third-order valence-electron chi connectivity index (χ3n) is 10.1. The van der Waals surface area contributed by atoms with Gasteiger partial charge in [0.2, 0.25) is 11.8 Å². The molecular formula is C36H29BrCl2N2O7. The lowest BCUT2D eigenvalue weighted by molar-refractivity contribution is -0.138. The molecule has 12 heteroatoms. The van der Waals surface area contributed by atoms with Gasteiger partial charge >= 0.3 is 0 Å². The number of carbonyl (C=O) groups excluding carboxylic acids is 5. The fourth-order valence-corrected chi connectivity index (χ4v) is 9.31. The van der Waals surface area contributed by atoms with Gasteiger partial charge in [0, 0.05) is 17.0 Å². The Morgan fingerprint density at radius 2 is 1.62 bits per heavy atom. The largest absolute Gasteiger partial charge is 0.504 e. The molecule has 0 bridgehead atoms. The zero-order valence-electron chi connectivity index (χ0n) is 25.6. The Kier molecular flexibility index (Phi) is 8.04. The third-order valence-corrected chi connectivity index (χ3v) is 12.0. The quantitative estimate of drug-likeness (QED) is 0.104. The van der Waals surface area contributed by atoms with E-state index < -0.39 is 57.0 Å². The molecule has 2 saturated heterocycles. The average Bonchev–Trinajstić information content (AvgIpc) is 3.43. The Bertz CT molecular complexity index is 1920. The van der Waals surface area contributed by atoms with Crippen LogP contribution in [0.15, 0.2) is 84.4 Å². The number of halogens is 3. The Morgan fingerprint density at radius 1 is 0.938 bits per heavy atom. The van der Waals surface area contributed by atoms with Crippen LogP contribution in [0.25, 0.3) is 0 Å². The van der Waals surface area contributed by atoms with Crippen molar-refractivity contribution in [2.75, 3.05) is 17.0 Å². The second-order valence-electron chi connectivity index (χ2n) is 12.4. The van der Waals surface area contributed by atoms with Gasteiger partial charge in [-0.3, -0.25) is 33.8 Å². The number of likely N-dealkylation sites (tertiary alicyclic amines) is 1. The van der Waals surface area contributed by atoms with Crippen molar-refractivity contribution in [3.63, 3.8) is 0 Å². The molecule has 7 rings (SSSR count). The number of anilines is 1. The molecule has 6 atom stereocenters. The number of imide groups is 2. The normalized spacial score (nSPS) is 29.4. The molecule has 3 aromatic rings. The summed E-state index contributed by atoms with van der Waals surface area (Å²) in [6.45, 7) is 2.01. The molecule has 2 aliphatic heterocycles. The highest BCUT2D eigenvalue weighted by Crippen LogP contribution is 2.65. The van der Waals surface area contributed by atoms with Crippen LogP contribution in [-0.4, -0.2) is 61.2 Å². The van der Waals surface area contributed by atoms with Gasteiger partial charge in [-0.15, -0.1) is 23.2 Å². The van der Waals surface area contributed by atoms with Gasteiger partial charge in [-0.25, -0.2) is 0 Å².